The van der Waals surface area contributed by atoms with Gasteiger partial charge in [0, 0.05) is 35.4 Å². The number of nitrogens with one attached hydrogen (secondary N) is 1. The zero-order chi connectivity index (χ0) is 22.1. The number of benzene rings is 2. The molecule has 4 aromatic rings. The zero-order valence-electron chi connectivity index (χ0n) is 16.4. The number of fused-ring (bicyclic) bond motifs is 1. The third-order valence-electron chi connectivity index (χ3n) is 4.91. The summed E-state index contributed by atoms with van der Waals surface area (Å²) >= 11 is 12.7. The fourth-order valence-electron chi connectivity index (χ4n) is 3.47. The van der Waals surface area contributed by atoms with Crippen LogP contribution in [0, 0.1) is 0 Å². The van der Waals surface area contributed by atoms with Crippen LogP contribution in [0.1, 0.15) is 17.3 Å². The Kier molecular flexibility index (Phi) is 5.67. The molecule has 0 spiro atoms. The summed E-state index contributed by atoms with van der Waals surface area (Å²) in [6, 6.07) is 15.0. The summed E-state index contributed by atoms with van der Waals surface area (Å²) in [5.74, 6) is -0.527. The third kappa shape index (κ3) is 4.00. The SMILES string of the molecule is CCn1c(=O)c(-c2c(Cl)cccc2Cl)cc2cnc(Nc3cccc(C(=O)O)c3)cc21. The van der Waals surface area contributed by atoms with Crippen LogP contribution >= 0.6 is 23.2 Å². The van der Waals surface area contributed by atoms with Crippen molar-refractivity contribution in [2.75, 3.05) is 5.32 Å². The molecule has 2 aromatic carbocycles. The van der Waals surface area contributed by atoms with E-state index in [9.17, 15) is 14.7 Å². The Morgan fingerprint density at radius 1 is 1.10 bits per heavy atom. The van der Waals surface area contributed by atoms with E-state index in [-0.39, 0.29) is 11.1 Å². The number of aromatic carboxylic acids is 1. The summed E-state index contributed by atoms with van der Waals surface area (Å²) in [5, 5.41) is 13.8. The first-order chi connectivity index (χ1) is 14.9. The molecule has 8 heteroatoms. The van der Waals surface area contributed by atoms with Crippen molar-refractivity contribution in [3.8, 4) is 11.1 Å². The van der Waals surface area contributed by atoms with E-state index in [4.69, 9.17) is 23.2 Å². The highest BCUT2D eigenvalue weighted by atomic mass is 35.5. The van der Waals surface area contributed by atoms with Gasteiger partial charge in [-0.1, -0.05) is 35.3 Å². The first kappa shape index (κ1) is 20.9. The van der Waals surface area contributed by atoms with Crippen LogP contribution in [0.2, 0.25) is 10.0 Å². The summed E-state index contributed by atoms with van der Waals surface area (Å²) in [6.45, 7) is 2.31. The maximum atomic E-state index is 13.2. The monoisotopic (exact) mass is 453 g/mol. The average Bonchev–Trinajstić information content (AvgIpc) is 2.74. The maximum absolute atomic E-state index is 13.2. The molecule has 0 fully saturated rings. The van der Waals surface area contributed by atoms with Crippen LogP contribution in [0.4, 0.5) is 11.5 Å². The lowest BCUT2D eigenvalue weighted by Crippen LogP contribution is -2.21. The second-order valence-electron chi connectivity index (χ2n) is 6.84. The molecule has 2 heterocycles. The number of nitrogens with zero attached hydrogens (tertiary/aromatic N) is 2. The van der Waals surface area contributed by atoms with E-state index < -0.39 is 5.97 Å². The molecule has 0 amide bonds. The normalized spacial score (nSPS) is 10.9. The number of rotatable bonds is 5. The van der Waals surface area contributed by atoms with Crippen LogP contribution in [0.15, 0.2) is 65.6 Å². The molecule has 156 valence electrons. The van der Waals surface area contributed by atoms with Gasteiger partial charge < -0.3 is 15.0 Å². The fourth-order valence-corrected chi connectivity index (χ4v) is 4.07. The minimum atomic E-state index is -1.01. The Balaban J connectivity index is 1.83. The number of carboxylic acid groups (broad SMARTS) is 1. The molecular weight excluding hydrogens is 437 g/mol. The molecule has 0 unspecified atom stereocenters. The van der Waals surface area contributed by atoms with Crippen molar-refractivity contribution in [1.82, 2.24) is 9.55 Å². The quantitative estimate of drug-likeness (QED) is 0.396. The summed E-state index contributed by atoms with van der Waals surface area (Å²) in [5.41, 5.74) is 2.12. The van der Waals surface area contributed by atoms with Gasteiger partial charge in [0.1, 0.15) is 5.82 Å². The van der Waals surface area contributed by atoms with Gasteiger partial charge in [0.05, 0.1) is 26.7 Å². The minimum Gasteiger partial charge on any atom is -0.478 e. The second-order valence-corrected chi connectivity index (χ2v) is 7.66. The van der Waals surface area contributed by atoms with E-state index in [1.165, 1.54) is 12.1 Å². The number of halogens is 2. The fraction of sp³-hybridized carbons (Fsp3) is 0.0870. The van der Waals surface area contributed by atoms with Crippen LogP contribution < -0.4 is 10.9 Å². The smallest absolute Gasteiger partial charge is 0.335 e. The number of hydrogen-bond acceptors (Lipinski definition) is 4. The highest BCUT2D eigenvalue weighted by Gasteiger charge is 2.16. The van der Waals surface area contributed by atoms with Crippen molar-refractivity contribution >= 4 is 51.6 Å². The molecule has 0 bridgehead atoms. The van der Waals surface area contributed by atoms with Crippen LogP contribution in [0.3, 0.4) is 0 Å². The molecular formula is C23H17Cl2N3O3. The molecule has 0 aliphatic carbocycles. The Hall–Kier alpha value is -3.35. The number of carboxylic acids is 1. The van der Waals surface area contributed by atoms with Gasteiger partial charge in [0.25, 0.3) is 5.56 Å². The molecule has 31 heavy (non-hydrogen) atoms. The van der Waals surface area contributed by atoms with E-state index >= 15 is 0 Å². The summed E-state index contributed by atoms with van der Waals surface area (Å²) in [7, 11) is 0. The van der Waals surface area contributed by atoms with Crippen LogP contribution in [-0.2, 0) is 6.54 Å². The van der Waals surface area contributed by atoms with Crippen molar-refractivity contribution in [2.45, 2.75) is 13.5 Å². The van der Waals surface area contributed by atoms with E-state index in [0.29, 0.717) is 44.7 Å². The van der Waals surface area contributed by atoms with Crippen molar-refractivity contribution < 1.29 is 9.90 Å². The van der Waals surface area contributed by atoms with E-state index in [0.717, 1.165) is 5.39 Å². The third-order valence-corrected chi connectivity index (χ3v) is 5.54. The zero-order valence-corrected chi connectivity index (χ0v) is 17.9. The van der Waals surface area contributed by atoms with Gasteiger partial charge in [-0.2, -0.15) is 0 Å². The molecule has 6 nitrogen and oxygen atoms in total. The highest BCUT2D eigenvalue weighted by molar-refractivity contribution is 6.39. The molecule has 0 saturated heterocycles. The summed E-state index contributed by atoms with van der Waals surface area (Å²) in [6.07, 6.45) is 1.65. The predicted molar refractivity (Wildman–Crippen MR) is 124 cm³/mol. The summed E-state index contributed by atoms with van der Waals surface area (Å²) < 4.78 is 1.63. The highest BCUT2D eigenvalue weighted by Crippen LogP contribution is 2.34. The van der Waals surface area contributed by atoms with Gasteiger partial charge >= 0.3 is 5.97 Å². The largest absolute Gasteiger partial charge is 0.478 e. The van der Waals surface area contributed by atoms with Gasteiger partial charge in [-0.15, -0.1) is 0 Å². The molecule has 0 atom stereocenters. The van der Waals surface area contributed by atoms with Crippen molar-refractivity contribution in [2.24, 2.45) is 0 Å². The predicted octanol–water partition coefficient (Wildman–Crippen LogP) is 5.83. The number of carbonyl (C=O) groups is 1. The van der Waals surface area contributed by atoms with Gasteiger partial charge in [-0.25, -0.2) is 9.78 Å². The second kappa shape index (κ2) is 8.41. The Labute approximate surface area is 187 Å². The van der Waals surface area contributed by atoms with E-state index in [1.54, 1.807) is 53.2 Å². The topological polar surface area (TPSA) is 84.2 Å². The number of pyridine rings is 2. The van der Waals surface area contributed by atoms with Gasteiger partial charge in [0.2, 0.25) is 0 Å². The van der Waals surface area contributed by atoms with Crippen molar-refractivity contribution in [1.29, 1.82) is 0 Å². The Bertz CT molecular complexity index is 1360. The van der Waals surface area contributed by atoms with Crippen molar-refractivity contribution in [3.63, 3.8) is 0 Å². The standard InChI is InChI=1S/C23H17Cl2N3O3/c1-2-28-19-11-20(27-15-6-3-5-13(9-15)23(30)31)26-12-14(19)10-16(22(28)29)21-17(24)7-4-8-18(21)25/h3-12H,2H2,1H3,(H,26,27)(H,30,31). The molecule has 0 aliphatic rings. The lowest BCUT2D eigenvalue weighted by Gasteiger charge is -2.14. The maximum Gasteiger partial charge on any atom is 0.335 e. The molecule has 2 aromatic heterocycles. The minimum absolute atomic E-state index is 0.164. The summed E-state index contributed by atoms with van der Waals surface area (Å²) in [4.78, 5) is 28.9. The van der Waals surface area contributed by atoms with Crippen molar-refractivity contribution in [3.05, 3.63) is 86.8 Å². The Morgan fingerprint density at radius 2 is 1.81 bits per heavy atom. The molecule has 0 radical (unpaired) electrons. The van der Waals surface area contributed by atoms with E-state index in [2.05, 4.69) is 10.3 Å². The lowest BCUT2D eigenvalue weighted by molar-refractivity contribution is 0.0697. The number of hydrogen-bond donors (Lipinski definition) is 2. The average molecular weight is 454 g/mol. The first-order valence-electron chi connectivity index (χ1n) is 9.47. The van der Waals surface area contributed by atoms with Gasteiger partial charge in [-0.3, -0.25) is 4.79 Å². The lowest BCUT2D eigenvalue weighted by atomic mass is 10.0. The van der Waals surface area contributed by atoms with E-state index in [1.807, 2.05) is 6.92 Å². The van der Waals surface area contributed by atoms with Gasteiger partial charge in [-0.05, 0) is 43.3 Å². The molecule has 2 N–H and O–H groups in total. The van der Waals surface area contributed by atoms with Crippen LogP contribution in [-0.4, -0.2) is 20.6 Å². The Morgan fingerprint density at radius 3 is 2.48 bits per heavy atom. The van der Waals surface area contributed by atoms with Crippen LogP contribution in [0.5, 0.6) is 0 Å². The van der Waals surface area contributed by atoms with Gasteiger partial charge in [0.15, 0.2) is 0 Å². The number of aryl methyl sites for hydroxylation is 1. The number of anilines is 2. The molecule has 4 rings (SSSR count). The van der Waals surface area contributed by atoms with Crippen LogP contribution in [0.25, 0.3) is 22.0 Å². The molecule has 0 saturated carbocycles. The molecule has 0 aliphatic heterocycles. The number of aromatic nitrogens is 2. The first-order valence-corrected chi connectivity index (χ1v) is 10.2.